The number of rotatable bonds is 7. The summed E-state index contributed by atoms with van der Waals surface area (Å²) in [6.45, 7) is 3.89. The van der Waals surface area contributed by atoms with Gasteiger partial charge in [0.1, 0.15) is 0 Å². The fraction of sp³-hybridized carbons (Fsp3) is 0.143. The Labute approximate surface area is 186 Å². The monoisotopic (exact) mass is 453 g/mol. The quantitative estimate of drug-likeness (QED) is 0.343. The van der Waals surface area contributed by atoms with Crippen molar-refractivity contribution >= 4 is 56.3 Å². The molecule has 0 aliphatic carbocycles. The molecule has 0 spiro atoms. The third-order valence-corrected chi connectivity index (χ3v) is 6.91. The third kappa shape index (κ3) is 5.24. The van der Waals surface area contributed by atoms with Gasteiger partial charge in [-0.3, -0.25) is 4.79 Å². The predicted octanol–water partition coefficient (Wildman–Crippen LogP) is 5.83. The molecule has 0 bridgehead atoms. The van der Waals surface area contributed by atoms with Crippen LogP contribution in [0.5, 0.6) is 0 Å². The standard InChI is InChI=1S/C21H19N5OS3/c1-13-7-6-10-16(11-13)22-20-25-26-21(30-20)29-14(2)18(27)24-19-23-17(12-28-19)15-8-4-3-5-9-15/h3-12,14H,1-2H3,(H,22,25)(H,23,24,27). The largest absolute Gasteiger partial charge is 0.330 e. The second kappa shape index (κ2) is 9.38. The average Bonchev–Trinajstić information content (AvgIpc) is 3.38. The fourth-order valence-corrected chi connectivity index (χ4v) is 5.28. The number of anilines is 3. The first-order chi connectivity index (χ1) is 14.6. The number of aryl methyl sites for hydroxylation is 1. The van der Waals surface area contributed by atoms with Crippen LogP contribution < -0.4 is 10.6 Å². The van der Waals surface area contributed by atoms with Crippen LogP contribution in [-0.2, 0) is 4.79 Å². The number of thioether (sulfide) groups is 1. The van der Waals surface area contributed by atoms with Crippen LogP contribution in [0.3, 0.4) is 0 Å². The summed E-state index contributed by atoms with van der Waals surface area (Å²) < 4.78 is 0.733. The van der Waals surface area contributed by atoms with Crippen molar-refractivity contribution in [2.45, 2.75) is 23.4 Å². The van der Waals surface area contributed by atoms with E-state index in [9.17, 15) is 4.79 Å². The Morgan fingerprint density at radius 2 is 1.90 bits per heavy atom. The topological polar surface area (TPSA) is 79.8 Å². The molecule has 2 aromatic carbocycles. The Morgan fingerprint density at radius 1 is 1.07 bits per heavy atom. The maximum Gasteiger partial charge on any atom is 0.239 e. The molecule has 4 aromatic rings. The van der Waals surface area contributed by atoms with Crippen LogP contribution >= 0.6 is 34.4 Å². The zero-order chi connectivity index (χ0) is 20.9. The van der Waals surface area contributed by atoms with Gasteiger partial charge < -0.3 is 10.6 Å². The molecule has 6 nitrogen and oxygen atoms in total. The number of hydrogen-bond acceptors (Lipinski definition) is 8. The molecule has 1 unspecified atom stereocenters. The van der Waals surface area contributed by atoms with Crippen molar-refractivity contribution in [1.29, 1.82) is 0 Å². The van der Waals surface area contributed by atoms with E-state index >= 15 is 0 Å². The van der Waals surface area contributed by atoms with Gasteiger partial charge in [0, 0.05) is 16.6 Å². The summed E-state index contributed by atoms with van der Waals surface area (Å²) in [5.74, 6) is -0.114. The number of nitrogens with one attached hydrogen (secondary N) is 2. The lowest BCUT2D eigenvalue weighted by molar-refractivity contribution is -0.115. The minimum absolute atomic E-state index is 0.114. The molecule has 4 rings (SSSR count). The summed E-state index contributed by atoms with van der Waals surface area (Å²) >= 11 is 4.22. The van der Waals surface area contributed by atoms with Crippen LogP contribution in [0, 0.1) is 6.92 Å². The predicted molar refractivity (Wildman–Crippen MR) is 126 cm³/mol. The lowest BCUT2D eigenvalue weighted by Crippen LogP contribution is -2.22. The van der Waals surface area contributed by atoms with E-state index in [0.29, 0.717) is 10.3 Å². The lowest BCUT2D eigenvalue weighted by Gasteiger charge is -2.07. The molecule has 9 heteroatoms. The zero-order valence-electron chi connectivity index (χ0n) is 16.3. The SMILES string of the molecule is Cc1cccc(Nc2nnc(SC(C)C(=O)Nc3nc(-c4ccccc4)cs3)s2)c1. The molecule has 0 aliphatic rings. The second-order valence-corrected chi connectivity index (χ2v) is 9.94. The van der Waals surface area contributed by atoms with Gasteiger partial charge in [0.05, 0.1) is 10.9 Å². The van der Waals surface area contributed by atoms with E-state index in [-0.39, 0.29) is 11.2 Å². The average molecular weight is 454 g/mol. The fourth-order valence-electron chi connectivity index (χ4n) is 2.64. The number of thiazole rings is 1. The highest BCUT2D eigenvalue weighted by Crippen LogP contribution is 2.31. The van der Waals surface area contributed by atoms with Crippen LogP contribution in [0.1, 0.15) is 12.5 Å². The molecule has 2 aromatic heterocycles. The smallest absolute Gasteiger partial charge is 0.239 e. The number of aromatic nitrogens is 3. The van der Waals surface area contributed by atoms with Crippen molar-refractivity contribution in [3.8, 4) is 11.3 Å². The highest BCUT2D eigenvalue weighted by molar-refractivity contribution is 8.02. The molecule has 0 fully saturated rings. The van der Waals surface area contributed by atoms with E-state index in [0.717, 1.165) is 21.3 Å². The molecule has 1 amide bonds. The van der Waals surface area contributed by atoms with E-state index in [1.807, 2.05) is 73.8 Å². The Kier molecular flexibility index (Phi) is 6.41. The van der Waals surface area contributed by atoms with Gasteiger partial charge in [0.2, 0.25) is 11.0 Å². The maximum atomic E-state index is 12.6. The van der Waals surface area contributed by atoms with Crippen molar-refractivity contribution in [3.63, 3.8) is 0 Å². The molecule has 0 aliphatic heterocycles. The number of amides is 1. The normalized spacial score (nSPS) is 11.8. The summed E-state index contributed by atoms with van der Waals surface area (Å²) in [7, 11) is 0. The third-order valence-electron chi connectivity index (χ3n) is 4.13. The highest BCUT2D eigenvalue weighted by Gasteiger charge is 2.19. The van der Waals surface area contributed by atoms with Gasteiger partial charge in [-0.1, -0.05) is 65.6 Å². The van der Waals surface area contributed by atoms with Crippen molar-refractivity contribution < 1.29 is 4.79 Å². The summed E-state index contributed by atoms with van der Waals surface area (Å²) in [5, 5.41) is 17.4. The summed E-state index contributed by atoms with van der Waals surface area (Å²) in [5.41, 5.74) is 4.01. The van der Waals surface area contributed by atoms with Crippen LogP contribution in [-0.4, -0.2) is 26.3 Å². The number of carbonyl (C=O) groups excluding carboxylic acids is 1. The maximum absolute atomic E-state index is 12.6. The number of hydrogen-bond donors (Lipinski definition) is 2. The Balaban J connectivity index is 1.34. The molecule has 30 heavy (non-hydrogen) atoms. The molecule has 0 radical (unpaired) electrons. The Hall–Kier alpha value is -2.75. The van der Waals surface area contributed by atoms with Gasteiger partial charge in [-0.05, 0) is 31.5 Å². The van der Waals surface area contributed by atoms with Gasteiger partial charge in [0.15, 0.2) is 9.47 Å². The minimum Gasteiger partial charge on any atom is -0.330 e. The number of nitrogens with zero attached hydrogens (tertiary/aromatic N) is 3. The molecular weight excluding hydrogens is 434 g/mol. The zero-order valence-corrected chi connectivity index (χ0v) is 18.8. The second-order valence-electron chi connectivity index (χ2n) is 6.52. The molecule has 152 valence electrons. The van der Waals surface area contributed by atoms with Gasteiger partial charge in [-0.2, -0.15) is 0 Å². The van der Waals surface area contributed by atoms with Crippen molar-refractivity contribution in [2.24, 2.45) is 0 Å². The summed E-state index contributed by atoms with van der Waals surface area (Å²) in [4.78, 5) is 17.1. The Morgan fingerprint density at radius 3 is 2.70 bits per heavy atom. The van der Waals surface area contributed by atoms with Crippen LogP contribution in [0.2, 0.25) is 0 Å². The van der Waals surface area contributed by atoms with Crippen molar-refractivity contribution in [1.82, 2.24) is 15.2 Å². The number of carbonyl (C=O) groups is 1. The van der Waals surface area contributed by atoms with E-state index in [4.69, 9.17) is 0 Å². The number of benzene rings is 2. The molecule has 1 atom stereocenters. The highest BCUT2D eigenvalue weighted by atomic mass is 32.2. The molecular formula is C21H19N5OS3. The first-order valence-corrected chi connectivity index (χ1v) is 11.8. The van der Waals surface area contributed by atoms with E-state index in [1.165, 1.54) is 40.0 Å². The minimum atomic E-state index is -0.325. The van der Waals surface area contributed by atoms with Gasteiger partial charge in [0.25, 0.3) is 0 Å². The summed E-state index contributed by atoms with van der Waals surface area (Å²) in [6, 6.07) is 17.9. The van der Waals surface area contributed by atoms with Gasteiger partial charge in [-0.25, -0.2) is 4.98 Å². The van der Waals surface area contributed by atoms with E-state index in [2.05, 4.69) is 25.8 Å². The van der Waals surface area contributed by atoms with Crippen molar-refractivity contribution in [2.75, 3.05) is 10.6 Å². The molecule has 2 N–H and O–H groups in total. The van der Waals surface area contributed by atoms with Gasteiger partial charge >= 0.3 is 0 Å². The van der Waals surface area contributed by atoms with Crippen molar-refractivity contribution in [3.05, 3.63) is 65.5 Å². The summed E-state index contributed by atoms with van der Waals surface area (Å²) in [6.07, 6.45) is 0. The lowest BCUT2D eigenvalue weighted by atomic mass is 10.2. The first kappa shape index (κ1) is 20.5. The van der Waals surface area contributed by atoms with Crippen LogP contribution in [0.25, 0.3) is 11.3 Å². The van der Waals surface area contributed by atoms with Crippen LogP contribution in [0.4, 0.5) is 16.0 Å². The van der Waals surface area contributed by atoms with E-state index < -0.39 is 0 Å². The molecule has 0 saturated heterocycles. The molecule has 2 heterocycles. The van der Waals surface area contributed by atoms with Crippen LogP contribution in [0.15, 0.2) is 64.3 Å². The Bertz CT molecular complexity index is 1140. The van der Waals surface area contributed by atoms with E-state index in [1.54, 1.807) is 0 Å². The first-order valence-electron chi connectivity index (χ1n) is 9.22. The molecule has 0 saturated carbocycles. The van der Waals surface area contributed by atoms with Gasteiger partial charge in [-0.15, -0.1) is 21.5 Å².